The van der Waals surface area contributed by atoms with Gasteiger partial charge in [-0.1, -0.05) is 11.6 Å². The normalized spacial score (nSPS) is 12.4. The molecular weight excluding hydrogens is 424 g/mol. The molecule has 8 nitrogen and oxygen atoms in total. The third-order valence-corrected chi connectivity index (χ3v) is 7.33. The van der Waals surface area contributed by atoms with Crippen LogP contribution < -0.4 is 5.32 Å². The minimum Gasteiger partial charge on any atom is -0.330 e. The van der Waals surface area contributed by atoms with Crippen LogP contribution in [0.25, 0.3) is 11.4 Å². The first-order valence-corrected chi connectivity index (χ1v) is 11.1. The lowest BCUT2D eigenvalue weighted by atomic mass is 10.1. The standard InChI is InChI=1S/C20H25ClN6O2S/c1-13-22-12-17(26(13)5)18-16(21)11-23-19(25-18)24-14-7-9-15(10-8-14)30(28,29)27(6)20(2,3)4/h7-12H,1-6H3,(H,23,24,25). The maximum absolute atomic E-state index is 12.8. The van der Waals surface area contributed by atoms with E-state index in [0.29, 0.717) is 22.4 Å². The van der Waals surface area contributed by atoms with E-state index in [9.17, 15) is 8.42 Å². The maximum atomic E-state index is 12.8. The van der Waals surface area contributed by atoms with Crippen molar-refractivity contribution in [2.24, 2.45) is 7.05 Å². The number of rotatable bonds is 5. The first-order valence-electron chi connectivity index (χ1n) is 9.28. The number of anilines is 2. The Bertz CT molecular complexity index is 1170. The second-order valence-corrected chi connectivity index (χ2v) is 10.3. The Kier molecular flexibility index (Phi) is 5.90. The van der Waals surface area contributed by atoms with Gasteiger partial charge < -0.3 is 9.88 Å². The Hall–Kier alpha value is -2.49. The second-order valence-electron chi connectivity index (χ2n) is 7.93. The minimum absolute atomic E-state index is 0.216. The summed E-state index contributed by atoms with van der Waals surface area (Å²) in [5, 5.41) is 3.50. The number of benzene rings is 1. The molecule has 0 atom stereocenters. The van der Waals surface area contributed by atoms with Gasteiger partial charge in [-0.15, -0.1) is 0 Å². The van der Waals surface area contributed by atoms with Gasteiger partial charge in [-0.2, -0.15) is 4.31 Å². The SMILES string of the molecule is Cc1ncc(-c2nc(Nc3ccc(S(=O)(=O)N(C)C(C)(C)C)cc3)ncc2Cl)n1C. The Morgan fingerprint density at radius 3 is 2.27 bits per heavy atom. The fraction of sp³-hybridized carbons (Fsp3) is 0.350. The average Bonchev–Trinajstić information content (AvgIpc) is 3.01. The molecule has 0 saturated carbocycles. The highest BCUT2D eigenvalue weighted by molar-refractivity contribution is 7.89. The number of nitrogens with zero attached hydrogens (tertiary/aromatic N) is 5. The first kappa shape index (κ1) is 22.2. The molecule has 30 heavy (non-hydrogen) atoms. The number of nitrogens with one attached hydrogen (secondary N) is 1. The molecule has 0 radical (unpaired) electrons. The van der Waals surface area contributed by atoms with Crippen molar-refractivity contribution in [1.82, 2.24) is 23.8 Å². The molecule has 0 spiro atoms. The van der Waals surface area contributed by atoms with Crippen molar-refractivity contribution in [3.63, 3.8) is 0 Å². The van der Waals surface area contributed by atoms with Crippen molar-refractivity contribution in [3.05, 3.63) is 47.5 Å². The van der Waals surface area contributed by atoms with Gasteiger partial charge in [0.2, 0.25) is 16.0 Å². The summed E-state index contributed by atoms with van der Waals surface area (Å²) in [5.41, 5.74) is 1.47. The molecule has 0 aliphatic rings. The summed E-state index contributed by atoms with van der Waals surface area (Å²) < 4.78 is 28.8. The van der Waals surface area contributed by atoms with Gasteiger partial charge in [0.1, 0.15) is 11.5 Å². The van der Waals surface area contributed by atoms with E-state index >= 15 is 0 Å². The van der Waals surface area contributed by atoms with Crippen LogP contribution in [-0.4, -0.2) is 44.8 Å². The number of sulfonamides is 1. The smallest absolute Gasteiger partial charge is 0.243 e. The molecular formula is C20H25ClN6O2S. The van der Waals surface area contributed by atoms with Gasteiger partial charge in [-0.3, -0.25) is 0 Å². The van der Waals surface area contributed by atoms with Gasteiger partial charge in [0.05, 0.1) is 28.0 Å². The molecule has 3 rings (SSSR count). The van der Waals surface area contributed by atoms with Gasteiger partial charge in [0.15, 0.2) is 0 Å². The summed E-state index contributed by atoms with van der Waals surface area (Å²) in [6, 6.07) is 6.47. The highest BCUT2D eigenvalue weighted by Crippen LogP contribution is 2.28. The van der Waals surface area contributed by atoms with Crippen LogP contribution in [0.15, 0.2) is 41.6 Å². The number of halogens is 1. The molecule has 3 aromatic rings. The summed E-state index contributed by atoms with van der Waals surface area (Å²) in [6.07, 6.45) is 3.23. The number of aryl methyl sites for hydroxylation is 1. The molecule has 0 amide bonds. The summed E-state index contributed by atoms with van der Waals surface area (Å²) in [7, 11) is -0.130. The fourth-order valence-electron chi connectivity index (χ4n) is 2.69. The van der Waals surface area contributed by atoms with E-state index in [1.807, 2.05) is 39.3 Å². The zero-order valence-electron chi connectivity index (χ0n) is 17.8. The van der Waals surface area contributed by atoms with Gasteiger partial charge in [0.25, 0.3) is 0 Å². The molecule has 1 aromatic carbocycles. The predicted molar refractivity (Wildman–Crippen MR) is 118 cm³/mol. The summed E-state index contributed by atoms with van der Waals surface area (Å²) >= 11 is 6.29. The van der Waals surface area contributed by atoms with Crippen LogP contribution in [0.4, 0.5) is 11.6 Å². The van der Waals surface area contributed by atoms with Crippen LogP contribution in [0.3, 0.4) is 0 Å². The van der Waals surface area contributed by atoms with Crippen LogP contribution in [0, 0.1) is 6.92 Å². The first-order chi connectivity index (χ1) is 13.9. The lowest BCUT2D eigenvalue weighted by Gasteiger charge is -2.30. The molecule has 0 unspecified atom stereocenters. The highest BCUT2D eigenvalue weighted by atomic mass is 35.5. The van der Waals surface area contributed by atoms with Crippen molar-refractivity contribution in [3.8, 4) is 11.4 Å². The summed E-state index contributed by atoms with van der Waals surface area (Å²) in [5.74, 6) is 1.18. The topological polar surface area (TPSA) is 93.0 Å². The van der Waals surface area contributed by atoms with Crippen molar-refractivity contribution in [2.45, 2.75) is 38.1 Å². The molecule has 10 heteroatoms. The average molecular weight is 449 g/mol. The number of aromatic nitrogens is 4. The van der Waals surface area contributed by atoms with Crippen LogP contribution >= 0.6 is 11.6 Å². The zero-order chi connectivity index (χ0) is 22.3. The molecule has 160 valence electrons. The lowest BCUT2D eigenvalue weighted by Crippen LogP contribution is -2.42. The Balaban J connectivity index is 1.86. The fourth-order valence-corrected chi connectivity index (χ4v) is 4.39. The monoisotopic (exact) mass is 448 g/mol. The van der Waals surface area contributed by atoms with Gasteiger partial charge >= 0.3 is 0 Å². The van der Waals surface area contributed by atoms with Crippen LogP contribution in [0.1, 0.15) is 26.6 Å². The Labute approximate surface area is 182 Å². The third-order valence-electron chi connectivity index (χ3n) is 4.92. The van der Waals surface area contributed by atoms with Gasteiger partial charge in [0, 0.05) is 25.3 Å². The molecule has 0 bridgehead atoms. The second kappa shape index (κ2) is 7.98. The maximum Gasteiger partial charge on any atom is 0.243 e. The predicted octanol–water partition coefficient (Wildman–Crippen LogP) is 4.00. The minimum atomic E-state index is -3.59. The van der Waals surface area contributed by atoms with Gasteiger partial charge in [-0.25, -0.2) is 23.4 Å². The van der Waals surface area contributed by atoms with E-state index < -0.39 is 15.6 Å². The number of hydrogen-bond acceptors (Lipinski definition) is 6. The summed E-state index contributed by atoms with van der Waals surface area (Å²) in [6.45, 7) is 7.43. The van der Waals surface area contributed by atoms with E-state index in [2.05, 4.69) is 20.3 Å². The molecule has 0 saturated heterocycles. The third kappa shape index (κ3) is 4.33. The van der Waals surface area contributed by atoms with Crippen LogP contribution in [0.5, 0.6) is 0 Å². The molecule has 0 aliphatic carbocycles. The Morgan fingerprint density at radius 1 is 1.10 bits per heavy atom. The van der Waals surface area contributed by atoms with E-state index in [4.69, 9.17) is 11.6 Å². The van der Waals surface area contributed by atoms with E-state index in [1.54, 1.807) is 37.5 Å². The van der Waals surface area contributed by atoms with E-state index in [0.717, 1.165) is 11.5 Å². The molecule has 0 fully saturated rings. The van der Waals surface area contributed by atoms with Crippen molar-refractivity contribution < 1.29 is 8.42 Å². The molecule has 1 N–H and O–H groups in total. The Morgan fingerprint density at radius 2 is 1.73 bits per heavy atom. The number of imidazole rings is 1. The number of hydrogen-bond donors (Lipinski definition) is 1. The van der Waals surface area contributed by atoms with Crippen molar-refractivity contribution in [1.29, 1.82) is 0 Å². The molecule has 2 heterocycles. The van der Waals surface area contributed by atoms with Crippen LogP contribution in [-0.2, 0) is 17.1 Å². The highest BCUT2D eigenvalue weighted by Gasteiger charge is 2.30. The van der Waals surface area contributed by atoms with E-state index in [1.165, 1.54) is 10.5 Å². The summed E-state index contributed by atoms with van der Waals surface area (Å²) in [4.78, 5) is 13.2. The van der Waals surface area contributed by atoms with Crippen molar-refractivity contribution >= 4 is 33.3 Å². The van der Waals surface area contributed by atoms with Crippen molar-refractivity contribution in [2.75, 3.05) is 12.4 Å². The molecule has 2 aromatic heterocycles. The largest absolute Gasteiger partial charge is 0.330 e. The zero-order valence-corrected chi connectivity index (χ0v) is 19.4. The lowest BCUT2D eigenvalue weighted by molar-refractivity contribution is 0.292. The quantitative estimate of drug-likeness (QED) is 0.634. The van der Waals surface area contributed by atoms with Gasteiger partial charge in [-0.05, 0) is 52.0 Å². The molecule has 0 aliphatic heterocycles. The van der Waals surface area contributed by atoms with Crippen LogP contribution in [0.2, 0.25) is 5.02 Å². The van der Waals surface area contributed by atoms with E-state index in [-0.39, 0.29) is 4.90 Å².